The predicted octanol–water partition coefficient (Wildman–Crippen LogP) is 7.39. The molecule has 0 aliphatic heterocycles. The van der Waals surface area contributed by atoms with E-state index >= 15 is 0 Å². The van der Waals surface area contributed by atoms with E-state index in [1.807, 2.05) is 24.3 Å². The molecule has 0 radical (unpaired) electrons. The molecule has 0 spiro atoms. The van der Waals surface area contributed by atoms with E-state index in [1.54, 1.807) is 52.0 Å². The summed E-state index contributed by atoms with van der Waals surface area (Å²) >= 11 is 1.50. The van der Waals surface area contributed by atoms with Gasteiger partial charge in [-0.1, -0.05) is 11.8 Å². The molecule has 2 amide bonds. The monoisotopic (exact) mass is 570 g/mol. The highest BCUT2D eigenvalue weighted by Gasteiger charge is 2.19. The van der Waals surface area contributed by atoms with Crippen LogP contribution in [0.4, 0.5) is 22.7 Å². The molecule has 208 valence electrons. The minimum absolute atomic E-state index is 0.00741. The van der Waals surface area contributed by atoms with Crippen LogP contribution in [0.5, 0.6) is 0 Å². The lowest BCUT2D eigenvalue weighted by Crippen LogP contribution is -2.13. The fourth-order valence-corrected chi connectivity index (χ4v) is 5.32. The van der Waals surface area contributed by atoms with Crippen LogP contribution in [0.2, 0.25) is 0 Å². The Hall–Kier alpha value is -5.03. The molecule has 4 aromatic rings. The third kappa shape index (κ3) is 6.76. The first-order valence-corrected chi connectivity index (χ1v) is 13.3. The van der Waals surface area contributed by atoms with Gasteiger partial charge in [0.05, 0.1) is 9.85 Å². The first kappa shape index (κ1) is 29.0. The average Bonchev–Trinajstić information content (AvgIpc) is 2.89. The second kappa shape index (κ2) is 12.0. The first-order chi connectivity index (χ1) is 19.4. The number of benzene rings is 4. The molecule has 0 aliphatic carbocycles. The molecule has 41 heavy (non-hydrogen) atoms. The van der Waals surface area contributed by atoms with Gasteiger partial charge in [-0.3, -0.25) is 29.8 Å². The lowest BCUT2D eigenvalue weighted by atomic mass is 10.0. The van der Waals surface area contributed by atoms with E-state index in [2.05, 4.69) is 10.6 Å². The number of nitro groups is 2. The number of rotatable bonds is 8. The average molecular weight is 571 g/mol. The van der Waals surface area contributed by atoms with Gasteiger partial charge in [0.1, 0.15) is 0 Å². The Morgan fingerprint density at radius 2 is 0.878 bits per heavy atom. The van der Waals surface area contributed by atoms with Crippen molar-refractivity contribution in [2.75, 3.05) is 10.6 Å². The molecule has 0 saturated carbocycles. The van der Waals surface area contributed by atoms with Gasteiger partial charge in [-0.15, -0.1) is 0 Å². The van der Waals surface area contributed by atoms with Crippen molar-refractivity contribution in [2.24, 2.45) is 0 Å². The molecule has 10 nitrogen and oxygen atoms in total. The van der Waals surface area contributed by atoms with Crippen LogP contribution in [0.3, 0.4) is 0 Å². The van der Waals surface area contributed by atoms with Gasteiger partial charge in [0.15, 0.2) is 0 Å². The minimum atomic E-state index is -0.449. The van der Waals surface area contributed by atoms with Crippen LogP contribution >= 0.6 is 11.8 Å². The van der Waals surface area contributed by atoms with E-state index in [0.717, 1.165) is 9.79 Å². The number of amides is 2. The van der Waals surface area contributed by atoms with E-state index in [9.17, 15) is 29.8 Å². The number of hydrogen-bond donors (Lipinski definition) is 2. The summed E-state index contributed by atoms with van der Waals surface area (Å²) in [6.45, 7) is 6.42. The Morgan fingerprint density at radius 1 is 0.585 bits per heavy atom. The number of nitro benzene ring substituents is 2. The van der Waals surface area contributed by atoms with E-state index in [-0.39, 0.29) is 23.2 Å². The van der Waals surface area contributed by atoms with Crippen LogP contribution in [-0.2, 0) is 0 Å². The summed E-state index contributed by atoms with van der Waals surface area (Å²) in [5.41, 5.74) is 3.57. The molecular weight excluding hydrogens is 544 g/mol. The van der Waals surface area contributed by atoms with Crippen LogP contribution in [0.25, 0.3) is 0 Å². The smallest absolute Gasteiger partial charge is 0.275 e. The fourth-order valence-electron chi connectivity index (χ4n) is 4.51. The molecule has 0 atom stereocenters. The summed E-state index contributed by atoms with van der Waals surface area (Å²) < 4.78 is 0. The fraction of sp³-hybridized carbons (Fsp3) is 0.133. The third-order valence-corrected chi connectivity index (χ3v) is 7.35. The topological polar surface area (TPSA) is 144 Å². The summed E-state index contributed by atoms with van der Waals surface area (Å²) in [6.07, 6.45) is 0. The number of nitrogens with one attached hydrogen (secondary N) is 2. The molecule has 4 rings (SSSR count). The summed E-state index contributed by atoms with van der Waals surface area (Å²) in [5, 5.41) is 28.0. The number of anilines is 2. The number of carbonyl (C=O) groups is 2. The molecule has 4 aromatic carbocycles. The van der Waals surface area contributed by atoms with Gasteiger partial charge in [-0.05, 0) is 100 Å². The lowest BCUT2D eigenvalue weighted by Gasteiger charge is -2.10. The van der Waals surface area contributed by atoms with E-state index in [4.69, 9.17) is 0 Å². The molecule has 0 saturated heterocycles. The molecule has 0 fully saturated rings. The van der Waals surface area contributed by atoms with Gasteiger partial charge in [0.2, 0.25) is 0 Å². The summed E-state index contributed by atoms with van der Waals surface area (Å²) in [5.74, 6) is -0.716. The van der Waals surface area contributed by atoms with Gasteiger partial charge in [0.25, 0.3) is 23.2 Å². The van der Waals surface area contributed by atoms with Crippen molar-refractivity contribution in [3.05, 3.63) is 126 Å². The van der Waals surface area contributed by atoms with E-state index in [1.165, 1.54) is 36.0 Å². The van der Waals surface area contributed by atoms with Crippen LogP contribution < -0.4 is 10.6 Å². The van der Waals surface area contributed by atoms with Crippen molar-refractivity contribution in [2.45, 2.75) is 37.5 Å². The van der Waals surface area contributed by atoms with Crippen molar-refractivity contribution in [3.8, 4) is 0 Å². The van der Waals surface area contributed by atoms with E-state index in [0.29, 0.717) is 44.8 Å². The Labute approximate surface area is 240 Å². The Balaban J connectivity index is 1.37. The zero-order chi connectivity index (χ0) is 29.8. The Bertz CT molecular complexity index is 1510. The zero-order valence-corrected chi connectivity index (χ0v) is 23.5. The van der Waals surface area contributed by atoms with Crippen LogP contribution in [0, 0.1) is 47.9 Å². The highest BCUT2D eigenvalue weighted by atomic mass is 32.2. The Morgan fingerprint density at radius 3 is 1.15 bits per heavy atom. The molecule has 0 unspecified atom stereocenters. The number of nitrogens with zero attached hydrogens (tertiary/aromatic N) is 2. The van der Waals surface area contributed by atoms with Gasteiger partial charge in [0, 0.05) is 54.5 Å². The largest absolute Gasteiger partial charge is 0.322 e. The van der Waals surface area contributed by atoms with E-state index < -0.39 is 9.85 Å². The molecular formula is C30H26N4O6S. The molecule has 0 heterocycles. The second-order valence-electron chi connectivity index (χ2n) is 9.49. The highest BCUT2D eigenvalue weighted by Crippen LogP contribution is 2.31. The van der Waals surface area contributed by atoms with Crippen LogP contribution in [-0.4, -0.2) is 21.7 Å². The van der Waals surface area contributed by atoms with Crippen molar-refractivity contribution < 1.29 is 19.4 Å². The van der Waals surface area contributed by atoms with Gasteiger partial charge < -0.3 is 10.6 Å². The van der Waals surface area contributed by atoms with Crippen molar-refractivity contribution in [3.63, 3.8) is 0 Å². The molecule has 11 heteroatoms. The van der Waals surface area contributed by atoms with Gasteiger partial charge in [-0.25, -0.2) is 0 Å². The maximum absolute atomic E-state index is 12.7. The summed E-state index contributed by atoms with van der Waals surface area (Å²) in [7, 11) is 0. The summed E-state index contributed by atoms with van der Waals surface area (Å²) in [6, 6.07) is 20.6. The van der Waals surface area contributed by atoms with Crippen molar-refractivity contribution in [1.82, 2.24) is 0 Å². The van der Waals surface area contributed by atoms with Crippen LogP contribution in [0.1, 0.15) is 43.0 Å². The molecule has 0 aromatic heterocycles. The second-order valence-corrected chi connectivity index (χ2v) is 10.6. The quantitative estimate of drug-likeness (QED) is 0.166. The SMILES string of the molecule is Cc1cc(C(=O)Nc2ccc(Sc3ccc(NC(=O)c4cc(C)c([N+](=O)[O-])c(C)c4)cc3)cc2)cc(C)c1[N+](=O)[O-]. The predicted molar refractivity (Wildman–Crippen MR) is 158 cm³/mol. The van der Waals surface area contributed by atoms with Crippen LogP contribution in [0.15, 0.2) is 82.6 Å². The normalized spacial score (nSPS) is 10.6. The molecule has 0 aliphatic rings. The highest BCUT2D eigenvalue weighted by molar-refractivity contribution is 7.99. The minimum Gasteiger partial charge on any atom is -0.322 e. The first-order valence-electron chi connectivity index (χ1n) is 12.4. The molecule has 2 N–H and O–H groups in total. The Kier molecular flexibility index (Phi) is 8.48. The van der Waals surface area contributed by atoms with Gasteiger partial charge in [-0.2, -0.15) is 0 Å². The zero-order valence-electron chi connectivity index (χ0n) is 22.7. The van der Waals surface area contributed by atoms with Crippen molar-refractivity contribution >= 4 is 46.3 Å². The number of hydrogen-bond acceptors (Lipinski definition) is 7. The summed E-state index contributed by atoms with van der Waals surface area (Å²) in [4.78, 5) is 48.8. The van der Waals surface area contributed by atoms with Crippen molar-refractivity contribution in [1.29, 1.82) is 0 Å². The lowest BCUT2D eigenvalue weighted by molar-refractivity contribution is -0.386. The third-order valence-electron chi connectivity index (χ3n) is 6.33. The maximum Gasteiger partial charge on any atom is 0.275 e. The molecule has 0 bridgehead atoms. The maximum atomic E-state index is 12.7. The standard InChI is InChI=1S/C30H26N4O6S/c1-17-13-21(14-18(2)27(17)33(37)38)29(35)31-23-5-9-25(10-6-23)41-26-11-7-24(8-12-26)32-30(36)22-15-19(3)28(34(39)40)20(4)16-22/h5-16H,1-4H3,(H,31,35)(H,32,36). The number of carbonyl (C=O) groups excluding carboxylic acids is 2. The number of aryl methyl sites for hydroxylation is 4. The van der Waals surface area contributed by atoms with Gasteiger partial charge >= 0.3 is 0 Å².